The molecule has 1 N–H and O–H groups in total. The SMILES string of the molecule is CCC(c1cccc(Cl)c1)N(CC1CCCNC1)C(C)C. The Balaban J connectivity index is 2.13. The molecule has 2 nitrogen and oxygen atoms in total. The van der Waals surface area contributed by atoms with Crippen LogP contribution < -0.4 is 5.32 Å². The van der Waals surface area contributed by atoms with E-state index in [2.05, 4.69) is 49.2 Å². The molecule has 2 unspecified atom stereocenters. The van der Waals surface area contributed by atoms with Gasteiger partial charge in [-0.15, -0.1) is 0 Å². The Bertz CT molecular complexity index is 427. The van der Waals surface area contributed by atoms with Gasteiger partial charge < -0.3 is 5.32 Å². The Morgan fingerprint density at radius 1 is 1.38 bits per heavy atom. The second-order valence-corrected chi connectivity index (χ2v) is 6.92. The number of halogens is 1. The summed E-state index contributed by atoms with van der Waals surface area (Å²) in [5, 5.41) is 4.38. The first-order valence-corrected chi connectivity index (χ1v) is 8.71. The van der Waals surface area contributed by atoms with Crippen molar-refractivity contribution < 1.29 is 0 Å². The third-order valence-electron chi connectivity index (χ3n) is 4.55. The molecular weight excluding hydrogens is 280 g/mol. The highest BCUT2D eigenvalue weighted by Crippen LogP contribution is 2.29. The molecule has 2 atom stereocenters. The molecule has 0 saturated carbocycles. The third-order valence-corrected chi connectivity index (χ3v) is 4.79. The summed E-state index contributed by atoms with van der Waals surface area (Å²) in [5.41, 5.74) is 1.35. The minimum absolute atomic E-state index is 0.464. The van der Waals surface area contributed by atoms with Gasteiger partial charge in [-0.1, -0.05) is 30.7 Å². The van der Waals surface area contributed by atoms with Crippen LogP contribution in [0.2, 0.25) is 5.02 Å². The van der Waals surface area contributed by atoms with Crippen molar-refractivity contribution in [2.75, 3.05) is 19.6 Å². The fraction of sp³-hybridized carbons (Fsp3) is 0.667. The van der Waals surface area contributed by atoms with Gasteiger partial charge in [-0.25, -0.2) is 0 Å². The van der Waals surface area contributed by atoms with Crippen LogP contribution in [-0.4, -0.2) is 30.6 Å². The molecule has 1 aromatic carbocycles. The summed E-state index contributed by atoms with van der Waals surface area (Å²) >= 11 is 6.19. The minimum Gasteiger partial charge on any atom is -0.316 e. The summed E-state index contributed by atoms with van der Waals surface area (Å²) in [6.07, 6.45) is 3.78. The zero-order valence-corrected chi connectivity index (χ0v) is 14.4. The van der Waals surface area contributed by atoms with E-state index in [1.165, 1.54) is 31.5 Å². The first-order valence-electron chi connectivity index (χ1n) is 8.33. The molecule has 0 radical (unpaired) electrons. The zero-order chi connectivity index (χ0) is 15.2. The molecule has 0 aliphatic carbocycles. The largest absolute Gasteiger partial charge is 0.316 e. The quantitative estimate of drug-likeness (QED) is 0.832. The van der Waals surface area contributed by atoms with E-state index in [1.807, 2.05) is 6.07 Å². The molecule has 1 aliphatic rings. The van der Waals surface area contributed by atoms with Crippen molar-refractivity contribution in [2.24, 2.45) is 5.92 Å². The van der Waals surface area contributed by atoms with Crippen molar-refractivity contribution in [1.29, 1.82) is 0 Å². The van der Waals surface area contributed by atoms with Crippen LogP contribution in [0.15, 0.2) is 24.3 Å². The van der Waals surface area contributed by atoms with Gasteiger partial charge in [0.15, 0.2) is 0 Å². The van der Waals surface area contributed by atoms with E-state index in [4.69, 9.17) is 11.6 Å². The third kappa shape index (κ3) is 4.70. The predicted molar refractivity (Wildman–Crippen MR) is 91.9 cm³/mol. The predicted octanol–water partition coefficient (Wildman–Crippen LogP) is 4.50. The molecule has 1 saturated heterocycles. The lowest BCUT2D eigenvalue weighted by molar-refractivity contribution is 0.114. The number of nitrogens with zero attached hydrogens (tertiary/aromatic N) is 1. The number of benzene rings is 1. The van der Waals surface area contributed by atoms with Crippen molar-refractivity contribution in [3.05, 3.63) is 34.9 Å². The van der Waals surface area contributed by atoms with Gasteiger partial charge in [-0.05, 0) is 69.8 Å². The fourth-order valence-electron chi connectivity index (χ4n) is 3.45. The number of hydrogen-bond donors (Lipinski definition) is 1. The lowest BCUT2D eigenvalue weighted by atomic mass is 9.95. The molecule has 3 heteroatoms. The monoisotopic (exact) mass is 308 g/mol. The first-order chi connectivity index (χ1) is 10.1. The van der Waals surface area contributed by atoms with Crippen LogP contribution in [0, 0.1) is 5.92 Å². The van der Waals surface area contributed by atoms with Crippen LogP contribution in [0.25, 0.3) is 0 Å². The Kier molecular flexibility index (Phi) is 6.53. The van der Waals surface area contributed by atoms with Gasteiger partial charge in [0, 0.05) is 23.7 Å². The first kappa shape index (κ1) is 16.8. The highest BCUT2D eigenvalue weighted by Gasteiger charge is 2.25. The topological polar surface area (TPSA) is 15.3 Å². The smallest absolute Gasteiger partial charge is 0.0409 e. The van der Waals surface area contributed by atoms with Crippen molar-refractivity contribution in [2.45, 2.75) is 52.1 Å². The minimum atomic E-state index is 0.464. The van der Waals surface area contributed by atoms with E-state index in [0.29, 0.717) is 12.1 Å². The molecule has 118 valence electrons. The van der Waals surface area contributed by atoms with Gasteiger partial charge >= 0.3 is 0 Å². The maximum atomic E-state index is 6.19. The molecule has 0 spiro atoms. The summed E-state index contributed by atoms with van der Waals surface area (Å²) in [6.45, 7) is 10.4. The Hall–Kier alpha value is -0.570. The summed E-state index contributed by atoms with van der Waals surface area (Å²) in [7, 11) is 0. The second kappa shape index (κ2) is 8.17. The molecule has 1 fully saturated rings. The normalized spacial score (nSPS) is 21.0. The summed E-state index contributed by atoms with van der Waals surface area (Å²) in [6, 6.07) is 9.39. The van der Waals surface area contributed by atoms with Crippen molar-refractivity contribution in [3.63, 3.8) is 0 Å². The summed E-state index contributed by atoms with van der Waals surface area (Å²) in [4.78, 5) is 2.66. The molecule has 1 heterocycles. The lowest BCUT2D eigenvalue weighted by Crippen LogP contribution is -2.42. The molecular formula is C18H29ClN2. The molecule has 0 bridgehead atoms. The van der Waals surface area contributed by atoms with Crippen LogP contribution in [0.4, 0.5) is 0 Å². The van der Waals surface area contributed by atoms with Crippen molar-refractivity contribution >= 4 is 11.6 Å². The maximum Gasteiger partial charge on any atom is 0.0409 e. The van der Waals surface area contributed by atoms with Gasteiger partial charge in [-0.2, -0.15) is 0 Å². The van der Waals surface area contributed by atoms with E-state index in [1.54, 1.807) is 0 Å². The van der Waals surface area contributed by atoms with Crippen molar-refractivity contribution in [1.82, 2.24) is 10.2 Å². The number of hydrogen-bond acceptors (Lipinski definition) is 2. The van der Waals surface area contributed by atoms with E-state index in [-0.39, 0.29) is 0 Å². The van der Waals surface area contributed by atoms with E-state index < -0.39 is 0 Å². The molecule has 0 aromatic heterocycles. The number of piperidine rings is 1. The van der Waals surface area contributed by atoms with Crippen LogP contribution in [0.3, 0.4) is 0 Å². The maximum absolute atomic E-state index is 6.19. The van der Waals surface area contributed by atoms with Gasteiger partial charge in [0.05, 0.1) is 0 Å². The standard InChI is InChI=1S/C18H29ClN2/c1-4-18(16-8-5-9-17(19)11-16)21(14(2)3)13-15-7-6-10-20-12-15/h5,8-9,11,14-15,18,20H,4,6-7,10,12-13H2,1-3H3. The molecule has 2 rings (SSSR count). The molecule has 21 heavy (non-hydrogen) atoms. The van der Waals surface area contributed by atoms with Crippen molar-refractivity contribution in [3.8, 4) is 0 Å². The lowest BCUT2D eigenvalue weighted by Gasteiger charge is -2.38. The van der Waals surface area contributed by atoms with Gasteiger partial charge in [0.25, 0.3) is 0 Å². The van der Waals surface area contributed by atoms with E-state index in [9.17, 15) is 0 Å². The average molecular weight is 309 g/mol. The summed E-state index contributed by atoms with van der Waals surface area (Å²) < 4.78 is 0. The Labute approximate surface area is 134 Å². The van der Waals surface area contributed by atoms with Crippen LogP contribution >= 0.6 is 11.6 Å². The van der Waals surface area contributed by atoms with Gasteiger partial charge in [0.2, 0.25) is 0 Å². The van der Waals surface area contributed by atoms with Crippen LogP contribution in [0.5, 0.6) is 0 Å². The average Bonchev–Trinajstić information content (AvgIpc) is 2.48. The fourth-order valence-corrected chi connectivity index (χ4v) is 3.65. The number of rotatable bonds is 6. The highest BCUT2D eigenvalue weighted by molar-refractivity contribution is 6.30. The van der Waals surface area contributed by atoms with Crippen LogP contribution in [0.1, 0.15) is 51.6 Å². The second-order valence-electron chi connectivity index (χ2n) is 6.48. The molecule has 1 aromatic rings. The van der Waals surface area contributed by atoms with Gasteiger partial charge in [-0.3, -0.25) is 4.90 Å². The Morgan fingerprint density at radius 3 is 2.76 bits per heavy atom. The number of nitrogens with one attached hydrogen (secondary N) is 1. The Morgan fingerprint density at radius 2 is 2.19 bits per heavy atom. The molecule has 1 aliphatic heterocycles. The van der Waals surface area contributed by atoms with E-state index >= 15 is 0 Å². The zero-order valence-electron chi connectivity index (χ0n) is 13.6. The summed E-state index contributed by atoms with van der Waals surface area (Å²) in [5.74, 6) is 0.773. The van der Waals surface area contributed by atoms with Gasteiger partial charge in [0.1, 0.15) is 0 Å². The van der Waals surface area contributed by atoms with Crippen LogP contribution in [-0.2, 0) is 0 Å². The highest BCUT2D eigenvalue weighted by atomic mass is 35.5. The van der Waals surface area contributed by atoms with E-state index in [0.717, 1.165) is 23.9 Å². The molecule has 0 amide bonds.